The summed E-state index contributed by atoms with van der Waals surface area (Å²) in [6.45, 7) is 4.35. The Hall–Kier alpha value is -3.27. The molecule has 0 saturated carbocycles. The van der Waals surface area contributed by atoms with Crippen molar-refractivity contribution >= 4 is 5.69 Å². The SMILES string of the molecule is CC(C)(C)c1cccc(Oc2cccc(N(Cc3cc(C(F)(F)F)ccc3F)CC(O)C(F)(F)F)c2)c1. The number of ether oxygens (including phenoxy) is 1. The van der Waals surface area contributed by atoms with E-state index in [1.54, 1.807) is 18.2 Å². The van der Waals surface area contributed by atoms with Gasteiger partial charge in [0, 0.05) is 23.9 Å². The number of nitrogens with zero attached hydrogens (tertiary/aromatic N) is 1. The first-order valence-corrected chi connectivity index (χ1v) is 11.3. The van der Waals surface area contributed by atoms with E-state index >= 15 is 0 Å². The van der Waals surface area contributed by atoms with Crippen LogP contribution in [0.5, 0.6) is 11.5 Å². The summed E-state index contributed by atoms with van der Waals surface area (Å²) in [5.41, 5.74) is -0.717. The summed E-state index contributed by atoms with van der Waals surface area (Å²) >= 11 is 0. The highest BCUT2D eigenvalue weighted by Crippen LogP contribution is 2.34. The number of rotatable bonds is 7. The average Bonchev–Trinajstić information content (AvgIpc) is 2.78. The molecule has 1 N–H and O–H groups in total. The van der Waals surface area contributed by atoms with Gasteiger partial charge in [-0.1, -0.05) is 39.0 Å². The van der Waals surface area contributed by atoms with Crippen LogP contribution in [-0.4, -0.2) is 23.9 Å². The standard InChI is InChI=1S/C27H26F7NO2/c1-25(2,3)18-6-4-8-21(13-18)37-22-9-5-7-20(14-22)35(16-24(36)27(32,33)34)15-17-12-19(26(29,30)31)10-11-23(17)28/h4-14,24,36H,15-16H2,1-3H3. The third-order valence-corrected chi connectivity index (χ3v) is 5.62. The Bertz CT molecular complexity index is 1220. The normalized spacial score (nSPS) is 13.4. The van der Waals surface area contributed by atoms with E-state index in [2.05, 4.69) is 0 Å². The van der Waals surface area contributed by atoms with Gasteiger partial charge < -0.3 is 14.7 Å². The van der Waals surface area contributed by atoms with Crippen LogP contribution in [0, 0.1) is 5.82 Å². The van der Waals surface area contributed by atoms with Crippen molar-refractivity contribution in [1.82, 2.24) is 0 Å². The minimum atomic E-state index is -4.99. The van der Waals surface area contributed by atoms with Crippen molar-refractivity contribution in [1.29, 1.82) is 0 Å². The average molecular weight is 529 g/mol. The highest BCUT2D eigenvalue weighted by atomic mass is 19.4. The fourth-order valence-corrected chi connectivity index (χ4v) is 3.56. The quantitative estimate of drug-likeness (QED) is 0.316. The van der Waals surface area contributed by atoms with Crippen molar-refractivity contribution in [3.8, 4) is 11.5 Å². The molecule has 0 radical (unpaired) electrons. The molecule has 0 aromatic heterocycles. The molecule has 0 aliphatic heterocycles. The minimum Gasteiger partial charge on any atom is -0.457 e. The fourth-order valence-electron chi connectivity index (χ4n) is 3.56. The second-order valence-electron chi connectivity index (χ2n) is 9.62. The van der Waals surface area contributed by atoms with E-state index in [1.807, 2.05) is 32.9 Å². The second-order valence-corrected chi connectivity index (χ2v) is 9.62. The molecule has 0 saturated heterocycles. The molecule has 3 nitrogen and oxygen atoms in total. The molecule has 200 valence electrons. The van der Waals surface area contributed by atoms with Gasteiger partial charge in [-0.05, 0) is 53.4 Å². The van der Waals surface area contributed by atoms with Crippen molar-refractivity contribution in [2.75, 3.05) is 11.4 Å². The maximum absolute atomic E-state index is 14.4. The Morgan fingerprint density at radius 3 is 2.03 bits per heavy atom. The molecule has 0 aliphatic rings. The van der Waals surface area contributed by atoms with Gasteiger partial charge in [0.2, 0.25) is 0 Å². The Morgan fingerprint density at radius 2 is 1.43 bits per heavy atom. The van der Waals surface area contributed by atoms with E-state index in [-0.39, 0.29) is 16.9 Å². The predicted molar refractivity (Wildman–Crippen MR) is 126 cm³/mol. The molecule has 10 heteroatoms. The number of aliphatic hydroxyl groups is 1. The first-order chi connectivity index (χ1) is 17.0. The van der Waals surface area contributed by atoms with Crippen LogP contribution < -0.4 is 9.64 Å². The molecule has 37 heavy (non-hydrogen) atoms. The van der Waals surface area contributed by atoms with Crippen LogP contribution in [0.25, 0.3) is 0 Å². The first-order valence-electron chi connectivity index (χ1n) is 11.3. The Morgan fingerprint density at radius 1 is 0.811 bits per heavy atom. The summed E-state index contributed by atoms with van der Waals surface area (Å²) in [5, 5.41) is 9.69. The van der Waals surface area contributed by atoms with Gasteiger partial charge in [0.1, 0.15) is 17.3 Å². The number of hydrogen-bond donors (Lipinski definition) is 1. The van der Waals surface area contributed by atoms with Crippen LogP contribution in [0.3, 0.4) is 0 Å². The Kier molecular flexibility index (Phi) is 8.12. The van der Waals surface area contributed by atoms with Crippen LogP contribution in [0.1, 0.15) is 37.5 Å². The van der Waals surface area contributed by atoms with E-state index in [1.165, 1.54) is 18.2 Å². The summed E-state index contributed by atoms with van der Waals surface area (Å²) in [4.78, 5) is 0.954. The smallest absolute Gasteiger partial charge is 0.416 e. The number of halogens is 7. The van der Waals surface area contributed by atoms with Gasteiger partial charge in [0.15, 0.2) is 6.10 Å². The third-order valence-electron chi connectivity index (χ3n) is 5.62. The van der Waals surface area contributed by atoms with Gasteiger partial charge in [-0.2, -0.15) is 26.3 Å². The largest absolute Gasteiger partial charge is 0.457 e. The number of hydrogen-bond acceptors (Lipinski definition) is 3. The monoisotopic (exact) mass is 529 g/mol. The van der Waals surface area contributed by atoms with E-state index in [4.69, 9.17) is 4.74 Å². The highest BCUT2D eigenvalue weighted by molar-refractivity contribution is 5.52. The number of aliphatic hydroxyl groups excluding tert-OH is 1. The van der Waals surface area contributed by atoms with E-state index < -0.39 is 48.5 Å². The first kappa shape index (κ1) is 28.3. The lowest BCUT2D eigenvalue weighted by Gasteiger charge is -2.29. The molecule has 3 rings (SSSR count). The van der Waals surface area contributed by atoms with Crippen molar-refractivity contribution in [3.05, 3.63) is 89.2 Å². The molecule has 0 heterocycles. The molecule has 3 aromatic rings. The van der Waals surface area contributed by atoms with Crippen LogP contribution in [-0.2, 0) is 18.1 Å². The van der Waals surface area contributed by atoms with Crippen molar-refractivity contribution in [2.24, 2.45) is 0 Å². The maximum atomic E-state index is 14.4. The topological polar surface area (TPSA) is 32.7 Å². The molecule has 1 unspecified atom stereocenters. The maximum Gasteiger partial charge on any atom is 0.416 e. The van der Waals surface area contributed by atoms with Crippen molar-refractivity contribution < 1.29 is 40.6 Å². The predicted octanol–water partition coefficient (Wildman–Crippen LogP) is 7.86. The van der Waals surface area contributed by atoms with Gasteiger partial charge in [-0.25, -0.2) is 4.39 Å². The van der Waals surface area contributed by atoms with Gasteiger partial charge in [0.05, 0.1) is 12.1 Å². The van der Waals surface area contributed by atoms with Crippen LogP contribution in [0.15, 0.2) is 66.7 Å². The lowest BCUT2D eigenvalue weighted by atomic mass is 9.87. The van der Waals surface area contributed by atoms with E-state index in [0.717, 1.165) is 10.5 Å². The zero-order chi connectivity index (χ0) is 27.6. The Labute approximate surface area is 210 Å². The van der Waals surface area contributed by atoms with Gasteiger partial charge in [-0.3, -0.25) is 0 Å². The number of anilines is 1. The highest BCUT2D eigenvalue weighted by Gasteiger charge is 2.39. The van der Waals surface area contributed by atoms with Gasteiger partial charge >= 0.3 is 12.4 Å². The zero-order valence-electron chi connectivity index (χ0n) is 20.3. The molecule has 0 bridgehead atoms. The summed E-state index contributed by atoms with van der Waals surface area (Å²) in [6, 6.07) is 14.7. The molecule has 0 fully saturated rings. The summed E-state index contributed by atoms with van der Waals surface area (Å²) in [6.07, 6.45) is -12.6. The van der Waals surface area contributed by atoms with E-state index in [0.29, 0.717) is 23.9 Å². The molecule has 0 spiro atoms. The Balaban J connectivity index is 1.96. The van der Waals surface area contributed by atoms with Gasteiger partial charge in [-0.15, -0.1) is 0 Å². The molecule has 0 aliphatic carbocycles. The summed E-state index contributed by atoms with van der Waals surface area (Å²) in [5.74, 6) is -0.319. The zero-order valence-corrected chi connectivity index (χ0v) is 20.3. The summed E-state index contributed by atoms with van der Waals surface area (Å²) in [7, 11) is 0. The van der Waals surface area contributed by atoms with Crippen LogP contribution >= 0.6 is 0 Å². The molecule has 3 aromatic carbocycles. The second kappa shape index (κ2) is 10.6. The minimum absolute atomic E-state index is 0.0876. The third kappa shape index (κ3) is 7.61. The van der Waals surface area contributed by atoms with Crippen LogP contribution in [0.2, 0.25) is 0 Å². The summed E-state index contributed by atoms with van der Waals surface area (Å²) < 4.78 is 99.1. The van der Waals surface area contributed by atoms with Crippen molar-refractivity contribution in [2.45, 2.75) is 51.2 Å². The molecule has 0 amide bonds. The van der Waals surface area contributed by atoms with Crippen molar-refractivity contribution in [3.63, 3.8) is 0 Å². The lowest BCUT2D eigenvalue weighted by Crippen LogP contribution is -2.41. The van der Waals surface area contributed by atoms with Gasteiger partial charge in [0.25, 0.3) is 0 Å². The number of benzene rings is 3. The lowest BCUT2D eigenvalue weighted by molar-refractivity contribution is -0.200. The molecule has 1 atom stereocenters. The molecular weight excluding hydrogens is 503 g/mol. The van der Waals surface area contributed by atoms with Crippen LogP contribution in [0.4, 0.5) is 36.4 Å². The molecular formula is C27H26F7NO2. The fraction of sp³-hybridized carbons (Fsp3) is 0.333. The number of alkyl halides is 6. The van der Waals surface area contributed by atoms with E-state index in [9.17, 15) is 35.8 Å².